The molecule has 10 aromatic rings. The second-order valence-corrected chi connectivity index (χ2v) is 34.2. The molecule has 0 N–H and O–H groups in total. The highest BCUT2D eigenvalue weighted by molar-refractivity contribution is 7.94. The van der Waals surface area contributed by atoms with Crippen LogP contribution in [0.1, 0.15) is 131 Å². The Labute approximate surface area is 622 Å². The van der Waals surface area contributed by atoms with Crippen LogP contribution < -0.4 is 48.9 Å². The van der Waals surface area contributed by atoms with E-state index in [4.69, 9.17) is 14.2 Å². The minimum absolute atomic E-state index is 0.00989. The maximum Gasteiger partial charge on any atom is 0.336 e. The van der Waals surface area contributed by atoms with E-state index in [1.807, 2.05) is 0 Å². The number of benzene rings is 9. The van der Waals surface area contributed by atoms with Gasteiger partial charge in [-0.15, -0.1) is 0 Å². The zero-order valence-electron chi connectivity index (χ0n) is 60.9. The Balaban J connectivity index is 0.885. The van der Waals surface area contributed by atoms with Crippen LogP contribution in [0.5, 0.6) is 0 Å². The van der Waals surface area contributed by atoms with Crippen LogP contribution in [0.25, 0.3) is 0 Å². The summed E-state index contributed by atoms with van der Waals surface area (Å²) in [7, 11) is -12.2. The van der Waals surface area contributed by atoms with E-state index in [9.17, 15) is 57.5 Å². The van der Waals surface area contributed by atoms with Crippen molar-refractivity contribution in [1.82, 2.24) is 13.7 Å². The van der Waals surface area contributed by atoms with Crippen LogP contribution in [0.15, 0.2) is 215 Å². The Morgan fingerprint density at radius 3 is 0.639 bits per heavy atom. The molecule has 108 heavy (non-hydrogen) atoms. The van der Waals surface area contributed by atoms with E-state index in [1.54, 1.807) is 242 Å². The van der Waals surface area contributed by atoms with Crippen LogP contribution in [0.2, 0.25) is 0 Å². The Morgan fingerprint density at radius 2 is 0.454 bits per heavy atom. The average molecular weight is 1510 g/mol. The third kappa shape index (κ3) is 15.8. The van der Waals surface area contributed by atoms with Gasteiger partial charge in [-0.25, -0.2) is 28.1 Å². The number of carbonyl (C=O) groups is 9. The van der Waals surface area contributed by atoms with E-state index < -0.39 is 149 Å². The molecule has 9 aromatic carbocycles. The summed E-state index contributed by atoms with van der Waals surface area (Å²) >= 11 is 0. The smallest absolute Gasteiger partial charge is 0.336 e. The first kappa shape index (κ1) is 79.1. The van der Waals surface area contributed by atoms with E-state index in [0.717, 1.165) is 0 Å². The van der Waals surface area contributed by atoms with E-state index in [-0.39, 0.29) is 81.9 Å². The van der Waals surface area contributed by atoms with E-state index >= 15 is 13.7 Å². The maximum absolute atomic E-state index is 15.2. The largest absolute Gasteiger partial charge is 0.457 e. The van der Waals surface area contributed by atoms with Crippen LogP contribution in [0.3, 0.4) is 0 Å². The average Bonchev–Trinajstić information content (AvgIpc) is 0.759. The summed E-state index contributed by atoms with van der Waals surface area (Å²) in [6, 6.07) is 54.2. The van der Waals surface area contributed by atoms with Crippen molar-refractivity contribution in [3.05, 3.63) is 315 Å². The number of aromatic nitrogens is 3. The molecule has 0 spiro atoms. The van der Waals surface area contributed by atoms with Crippen LogP contribution in [-0.2, 0) is 61.9 Å². The van der Waals surface area contributed by atoms with Crippen LogP contribution in [0.4, 0.5) is 0 Å². The van der Waals surface area contributed by atoms with E-state index in [0.29, 0.717) is 47.1 Å². The first-order valence-corrected chi connectivity index (χ1v) is 39.7. The number of carbonyl (C=O) groups excluding carboxylic acids is 9. The van der Waals surface area contributed by atoms with Crippen molar-refractivity contribution >= 4 is 105 Å². The Kier molecular flexibility index (Phi) is 24.6. The van der Waals surface area contributed by atoms with Gasteiger partial charge in [-0.1, -0.05) is 200 Å². The van der Waals surface area contributed by atoms with Crippen LogP contribution in [0, 0.1) is 62.3 Å². The molecule has 0 radical (unpaired) electrons. The molecule has 1 aromatic heterocycles. The van der Waals surface area contributed by atoms with Gasteiger partial charge in [-0.2, -0.15) is 0 Å². The molecule has 0 amide bonds. The quantitative estimate of drug-likeness (QED) is 0.0175. The summed E-state index contributed by atoms with van der Waals surface area (Å²) < 4.78 is 63.3. The zero-order valence-corrected chi connectivity index (χ0v) is 63.6. The molecule has 0 aliphatic carbocycles. The molecular formula is C84H78N3O18P3. The molecule has 0 unspecified atom stereocenters. The molecule has 0 aliphatic heterocycles. The second-order valence-electron chi connectivity index (χ2n) is 26.2. The third-order valence-corrected chi connectivity index (χ3v) is 27.6. The van der Waals surface area contributed by atoms with Gasteiger partial charge < -0.3 is 27.9 Å². The molecular weight excluding hydrogens is 1430 g/mol. The van der Waals surface area contributed by atoms with Gasteiger partial charge in [0, 0.05) is 84.8 Å². The number of aryl methyl sites for hydroxylation is 6. The van der Waals surface area contributed by atoms with E-state index in [2.05, 4.69) is 0 Å². The molecule has 0 atom stereocenters. The van der Waals surface area contributed by atoms with Crippen molar-refractivity contribution in [3.8, 4) is 0 Å². The second kappa shape index (κ2) is 33.5. The highest BCUT2D eigenvalue weighted by Crippen LogP contribution is 2.51. The summed E-state index contributed by atoms with van der Waals surface area (Å²) in [6.07, 6.45) is -2.36. The maximum atomic E-state index is 15.2. The number of esters is 3. The number of Topliss-reactive ketones (excluding diaryl/α,β-unsaturated/α-hetero) is 3. The molecule has 21 nitrogen and oxygen atoms in total. The lowest BCUT2D eigenvalue weighted by Gasteiger charge is -2.22. The molecule has 0 bridgehead atoms. The molecule has 1 heterocycles. The fourth-order valence-electron chi connectivity index (χ4n) is 14.0. The van der Waals surface area contributed by atoms with Crippen molar-refractivity contribution in [2.45, 2.75) is 101 Å². The monoisotopic (exact) mass is 1510 g/mol. The van der Waals surface area contributed by atoms with Gasteiger partial charge in [0.2, 0.25) is 55.3 Å². The normalized spacial score (nSPS) is 11.5. The lowest BCUT2D eigenvalue weighted by molar-refractivity contribution is -0.143. The minimum Gasteiger partial charge on any atom is -0.457 e. The lowest BCUT2D eigenvalue weighted by Crippen LogP contribution is -2.55. The number of hydrogen-bond donors (Lipinski definition) is 0. The van der Waals surface area contributed by atoms with Gasteiger partial charge in [-0.3, -0.25) is 43.2 Å². The van der Waals surface area contributed by atoms with Crippen LogP contribution in [-0.4, -0.2) is 85.4 Å². The highest BCUT2D eigenvalue weighted by Gasteiger charge is 2.42. The van der Waals surface area contributed by atoms with Crippen molar-refractivity contribution < 1.29 is 71.1 Å². The Morgan fingerprint density at radius 1 is 0.278 bits per heavy atom. The summed E-state index contributed by atoms with van der Waals surface area (Å²) in [6.45, 7) is 9.23. The number of rotatable bonds is 30. The summed E-state index contributed by atoms with van der Waals surface area (Å²) in [5.41, 5.74) is -3.03. The number of nitrogens with zero attached hydrogens (tertiary/aromatic N) is 3. The molecule has 0 aliphatic rings. The fraction of sp³-hybridized carbons (Fsp3) is 0.214. The third-order valence-electron chi connectivity index (χ3n) is 19.1. The van der Waals surface area contributed by atoms with Gasteiger partial charge in [-0.05, 0) is 112 Å². The first-order valence-electron chi connectivity index (χ1n) is 34.6. The predicted molar refractivity (Wildman–Crippen MR) is 413 cm³/mol. The minimum atomic E-state index is -4.07. The zero-order chi connectivity index (χ0) is 78.1. The van der Waals surface area contributed by atoms with Crippen molar-refractivity contribution in [2.75, 3.05) is 19.8 Å². The van der Waals surface area contributed by atoms with Gasteiger partial charge in [0.25, 0.3) is 0 Å². The number of ketones is 3. The van der Waals surface area contributed by atoms with Gasteiger partial charge in [0.05, 0.1) is 19.3 Å². The first-order chi connectivity index (χ1) is 51.5. The molecule has 24 heteroatoms. The van der Waals surface area contributed by atoms with Gasteiger partial charge >= 0.3 is 35.0 Å². The summed E-state index contributed by atoms with van der Waals surface area (Å²) in [5.74, 6) is -5.63. The topological polar surface area (TPSA) is 299 Å². The fourth-order valence-corrected chi connectivity index (χ4v) is 21.8. The predicted octanol–water partition coefficient (Wildman–Crippen LogP) is 10.9. The van der Waals surface area contributed by atoms with Crippen LogP contribution >= 0.6 is 21.4 Å². The van der Waals surface area contributed by atoms with Crippen molar-refractivity contribution in [3.63, 3.8) is 0 Å². The molecule has 552 valence electrons. The SMILES string of the molecule is Cc1cc(C)c(C(=O)P(=O)(c2ccccc2)c2ccccc2)c(C)c1C(=O)COC(=O)CCn1c(=O)n(CCC(=O)OCC(=O)c2c(C)cc(C)c(C(=O)P(=O)(c3ccccc3)c3ccccc3)c2C)c(=O)n(CCC(=O)OCC(=O)c2c(C)cc(C)c(C(=O)P(=O)(c3ccccc3)c3ccccc3)c2C)c1=O. The van der Waals surface area contributed by atoms with Crippen molar-refractivity contribution in [1.29, 1.82) is 0 Å². The summed E-state index contributed by atoms with van der Waals surface area (Å²) in [5, 5.41) is 1.62. The van der Waals surface area contributed by atoms with Gasteiger partial charge in [0.1, 0.15) is 0 Å². The molecule has 0 saturated heterocycles. The van der Waals surface area contributed by atoms with Gasteiger partial charge in [0.15, 0.2) is 19.8 Å². The standard InChI is InChI=1S/C84H78N3O18P3/c1-52-46-55(4)76(79(94)106(100,61-28-16-10-17-29-61)62-30-18-11-19-31-62)58(7)73(52)67(88)49-103-70(91)40-43-85-82(97)86(44-41-71(92)104-50-68(89)74-53(2)47-56(5)77(59(74)8)80(95)107(101,63-32-20-12-21-33-63)64-34-22-13-23-35-64)84(99)87(83(85)98)45-42-72(93)105-51-69(90)75-54(3)48-57(6)78(60(75)9)81(96)108(102,65-36-24-14-25-37-65)66-38-26-15-27-39-66/h10-39,46-48H,40-45,49-51H2,1-9H3. The summed E-state index contributed by atoms with van der Waals surface area (Å²) in [4.78, 5) is 171. The molecule has 10 rings (SSSR count). The molecule has 0 fully saturated rings. The number of hydrogen-bond acceptors (Lipinski definition) is 18. The Hall–Kier alpha value is -11.5. The Bertz CT molecular complexity index is 4910. The van der Waals surface area contributed by atoms with Crippen molar-refractivity contribution in [2.24, 2.45) is 0 Å². The highest BCUT2D eigenvalue weighted by atomic mass is 31.2. The molecule has 0 saturated carbocycles. The van der Waals surface area contributed by atoms with E-state index in [1.165, 1.54) is 20.8 Å². The lowest BCUT2D eigenvalue weighted by atomic mass is 9.92. The number of ether oxygens (including phenoxy) is 3.